The molecule has 0 amide bonds. The number of fused-ring (bicyclic) bond motifs is 6. The van der Waals surface area contributed by atoms with E-state index < -0.39 is 0 Å². The van der Waals surface area contributed by atoms with Gasteiger partial charge in [0.05, 0.1) is 23.3 Å². The zero-order valence-electron chi connectivity index (χ0n) is 15.6. The smallest absolute Gasteiger partial charge is 0.172 e. The molecule has 2 aliphatic heterocycles. The molecular weight excluding hydrogens is 348 g/mol. The van der Waals surface area contributed by atoms with E-state index in [0.29, 0.717) is 6.04 Å². The number of nitrogens with one attached hydrogen (secondary N) is 1. The van der Waals surface area contributed by atoms with Crippen molar-refractivity contribution in [2.24, 2.45) is 7.05 Å². The summed E-state index contributed by atoms with van der Waals surface area (Å²) in [6.07, 6.45) is 4.94. The van der Waals surface area contributed by atoms with E-state index in [4.69, 9.17) is 9.97 Å². The van der Waals surface area contributed by atoms with E-state index in [1.807, 2.05) is 24.1 Å². The maximum Gasteiger partial charge on any atom is 0.172 e. The van der Waals surface area contributed by atoms with Crippen LogP contribution in [0.15, 0.2) is 54.9 Å². The fraction of sp³-hybridized carbons (Fsp3) is 0.227. The third-order valence-electron chi connectivity index (χ3n) is 5.83. The number of anilines is 2. The number of aromatic nitrogens is 4. The number of rotatable bonds is 1. The lowest BCUT2D eigenvalue weighted by Gasteiger charge is -2.42. The molecule has 2 aromatic heterocycles. The van der Waals surface area contributed by atoms with Gasteiger partial charge in [0.1, 0.15) is 0 Å². The van der Waals surface area contributed by atoms with E-state index in [9.17, 15) is 0 Å². The van der Waals surface area contributed by atoms with Gasteiger partial charge in [0.15, 0.2) is 11.6 Å². The first-order valence-electron chi connectivity index (χ1n) is 9.65. The van der Waals surface area contributed by atoms with Gasteiger partial charge in [-0.25, -0.2) is 9.97 Å². The number of nitrogens with zero attached hydrogens (tertiary/aromatic N) is 5. The lowest BCUT2D eigenvalue weighted by molar-refractivity contribution is 0.582. The third kappa shape index (κ3) is 2.30. The molecule has 0 fully saturated rings. The molecule has 0 aliphatic carbocycles. The predicted octanol–water partition coefficient (Wildman–Crippen LogP) is 3.56. The van der Waals surface area contributed by atoms with Crippen LogP contribution >= 0.6 is 0 Å². The lowest BCUT2D eigenvalue weighted by Crippen LogP contribution is -2.43. The lowest BCUT2D eigenvalue weighted by atomic mass is 9.91. The van der Waals surface area contributed by atoms with Gasteiger partial charge in [0.2, 0.25) is 0 Å². The van der Waals surface area contributed by atoms with Crippen molar-refractivity contribution < 1.29 is 0 Å². The minimum Gasteiger partial charge on any atom is -0.365 e. The standard InChI is InChI=1S/C22H20N6/c1-27-13-16(11-24-27)15-6-7-18-19(10-15)25-21-22(26-18)28-9-8-14-4-2-3-5-17(14)20(28)12-23-21/h2-7,10-11,13,20H,8-9,12H2,1H3,(H,23,25). The van der Waals surface area contributed by atoms with Crippen molar-refractivity contribution in [1.29, 1.82) is 0 Å². The van der Waals surface area contributed by atoms with E-state index in [-0.39, 0.29) is 0 Å². The van der Waals surface area contributed by atoms with E-state index in [1.54, 1.807) is 0 Å². The molecule has 138 valence electrons. The Morgan fingerprint density at radius 2 is 1.96 bits per heavy atom. The molecule has 0 spiro atoms. The summed E-state index contributed by atoms with van der Waals surface area (Å²) in [7, 11) is 1.93. The van der Waals surface area contributed by atoms with Crippen LogP contribution in [0.2, 0.25) is 0 Å². The van der Waals surface area contributed by atoms with Crippen LogP contribution < -0.4 is 10.2 Å². The van der Waals surface area contributed by atoms with Crippen molar-refractivity contribution >= 4 is 22.7 Å². The van der Waals surface area contributed by atoms with Crippen LogP contribution in [0.1, 0.15) is 17.2 Å². The van der Waals surface area contributed by atoms with E-state index in [1.165, 1.54) is 11.1 Å². The molecule has 0 saturated carbocycles. The average Bonchev–Trinajstić information content (AvgIpc) is 3.17. The fourth-order valence-electron chi connectivity index (χ4n) is 4.43. The Morgan fingerprint density at radius 3 is 2.86 bits per heavy atom. The Balaban J connectivity index is 1.44. The summed E-state index contributed by atoms with van der Waals surface area (Å²) in [5.41, 5.74) is 6.88. The highest BCUT2D eigenvalue weighted by molar-refractivity contribution is 5.85. The maximum atomic E-state index is 4.99. The molecular formula is C22H20N6. The molecule has 4 heterocycles. The Morgan fingerprint density at radius 1 is 1.04 bits per heavy atom. The Hall–Kier alpha value is -3.41. The molecule has 2 aliphatic rings. The zero-order valence-corrected chi connectivity index (χ0v) is 15.6. The van der Waals surface area contributed by atoms with Crippen molar-refractivity contribution in [3.8, 4) is 11.1 Å². The molecule has 4 aromatic rings. The number of benzene rings is 2. The maximum absolute atomic E-state index is 4.99. The highest BCUT2D eigenvalue weighted by Crippen LogP contribution is 2.40. The van der Waals surface area contributed by atoms with Gasteiger partial charge in [-0.3, -0.25) is 4.68 Å². The number of hydrogen-bond donors (Lipinski definition) is 1. The third-order valence-corrected chi connectivity index (χ3v) is 5.83. The van der Waals surface area contributed by atoms with Crippen LogP contribution in [0.25, 0.3) is 22.2 Å². The summed E-state index contributed by atoms with van der Waals surface area (Å²) >= 11 is 0. The molecule has 28 heavy (non-hydrogen) atoms. The molecule has 1 N–H and O–H groups in total. The van der Waals surface area contributed by atoms with Gasteiger partial charge in [-0.2, -0.15) is 5.10 Å². The molecule has 0 bridgehead atoms. The normalized spacial score (nSPS) is 17.6. The first kappa shape index (κ1) is 15.6. The molecule has 1 unspecified atom stereocenters. The van der Waals surface area contributed by atoms with Gasteiger partial charge in [-0.15, -0.1) is 0 Å². The van der Waals surface area contributed by atoms with Crippen LogP contribution in [-0.4, -0.2) is 32.8 Å². The predicted molar refractivity (Wildman–Crippen MR) is 110 cm³/mol. The second-order valence-electron chi connectivity index (χ2n) is 7.54. The monoisotopic (exact) mass is 368 g/mol. The summed E-state index contributed by atoms with van der Waals surface area (Å²) in [5, 5.41) is 7.79. The van der Waals surface area contributed by atoms with Crippen LogP contribution in [0.3, 0.4) is 0 Å². The van der Waals surface area contributed by atoms with Crippen molar-refractivity contribution in [1.82, 2.24) is 19.7 Å². The highest BCUT2D eigenvalue weighted by Gasteiger charge is 2.33. The second kappa shape index (κ2) is 5.79. The summed E-state index contributed by atoms with van der Waals surface area (Å²) in [5.74, 6) is 1.85. The van der Waals surface area contributed by atoms with E-state index in [0.717, 1.165) is 53.3 Å². The van der Waals surface area contributed by atoms with Crippen LogP contribution in [0.4, 0.5) is 11.6 Å². The molecule has 6 heteroatoms. The molecule has 2 aromatic carbocycles. The molecule has 6 nitrogen and oxygen atoms in total. The second-order valence-corrected chi connectivity index (χ2v) is 7.54. The highest BCUT2D eigenvalue weighted by atomic mass is 15.3. The van der Waals surface area contributed by atoms with Crippen molar-refractivity contribution in [2.75, 3.05) is 23.3 Å². The number of aryl methyl sites for hydroxylation is 1. The Kier molecular flexibility index (Phi) is 3.23. The fourth-order valence-corrected chi connectivity index (χ4v) is 4.43. The van der Waals surface area contributed by atoms with Crippen LogP contribution in [0.5, 0.6) is 0 Å². The van der Waals surface area contributed by atoms with Gasteiger partial charge in [-0.1, -0.05) is 30.3 Å². The van der Waals surface area contributed by atoms with Gasteiger partial charge >= 0.3 is 0 Å². The Labute approximate surface area is 162 Å². The minimum absolute atomic E-state index is 0.318. The quantitative estimate of drug-likeness (QED) is 0.557. The van der Waals surface area contributed by atoms with E-state index in [2.05, 4.69) is 57.8 Å². The van der Waals surface area contributed by atoms with Gasteiger partial charge in [0, 0.05) is 31.9 Å². The minimum atomic E-state index is 0.318. The van der Waals surface area contributed by atoms with Crippen molar-refractivity contribution in [3.63, 3.8) is 0 Å². The summed E-state index contributed by atoms with van der Waals surface area (Å²) in [6, 6.07) is 15.3. The largest absolute Gasteiger partial charge is 0.365 e. The average molecular weight is 368 g/mol. The van der Waals surface area contributed by atoms with E-state index >= 15 is 0 Å². The van der Waals surface area contributed by atoms with Crippen LogP contribution in [0, 0.1) is 0 Å². The SMILES string of the molecule is Cn1cc(-c2ccc3nc4c(nc3c2)NCC2c3ccccc3CCN42)cn1. The first-order valence-corrected chi connectivity index (χ1v) is 9.65. The Bertz CT molecular complexity index is 1210. The van der Waals surface area contributed by atoms with Crippen LogP contribution in [-0.2, 0) is 13.5 Å². The zero-order chi connectivity index (χ0) is 18.7. The topological polar surface area (TPSA) is 58.9 Å². The first-order chi connectivity index (χ1) is 13.8. The number of hydrogen-bond acceptors (Lipinski definition) is 5. The van der Waals surface area contributed by atoms with Gasteiger partial charge < -0.3 is 10.2 Å². The molecule has 0 saturated heterocycles. The molecule has 6 rings (SSSR count). The molecule has 0 radical (unpaired) electrons. The summed E-state index contributed by atoms with van der Waals surface area (Å²) in [4.78, 5) is 12.3. The van der Waals surface area contributed by atoms with Crippen molar-refractivity contribution in [3.05, 3.63) is 66.0 Å². The summed E-state index contributed by atoms with van der Waals surface area (Å²) in [6.45, 7) is 1.83. The summed E-state index contributed by atoms with van der Waals surface area (Å²) < 4.78 is 1.81. The molecule has 1 atom stereocenters. The van der Waals surface area contributed by atoms with Gasteiger partial charge in [0.25, 0.3) is 0 Å². The van der Waals surface area contributed by atoms with Crippen molar-refractivity contribution in [2.45, 2.75) is 12.5 Å². The van der Waals surface area contributed by atoms with Gasteiger partial charge in [-0.05, 0) is 35.2 Å².